The fourth-order valence-corrected chi connectivity index (χ4v) is 28.1. The number of nitrogens with zero attached hydrogens (tertiary/aromatic N) is 20. The fraction of sp³-hybridized carbons (Fsp3) is 0.0909. The van der Waals surface area contributed by atoms with Gasteiger partial charge in [0, 0.05) is 160 Å². The maximum Gasteiger partial charge on any atom is 0.198 e. The molecule has 124 heavy (non-hydrogen) atoms. The third kappa shape index (κ3) is 13.3. The van der Waals surface area contributed by atoms with Gasteiger partial charge in [0.25, 0.3) is 0 Å². The first-order chi connectivity index (χ1) is 58.6. The number of hydrogen-bond acceptors (Lipinski definition) is 24. The van der Waals surface area contributed by atoms with Gasteiger partial charge in [-0.3, -0.25) is 18.7 Å². The molecule has 0 atom stereocenters. The minimum Gasteiger partial charge on any atom is -0.510 e. The molecule has 20 nitrogen and oxygen atoms in total. The monoisotopic (exact) mass is 2470 g/mol. The second-order valence-corrected chi connectivity index (χ2v) is 39.0. The van der Waals surface area contributed by atoms with Gasteiger partial charge in [0.2, 0.25) is 0 Å². The predicted octanol–water partition coefficient (Wildman–Crippen LogP) is 8.47. The summed E-state index contributed by atoms with van der Waals surface area (Å²) in [6.07, 6.45) is 31.6. The number of fused-ring (bicyclic) bond motifs is 20. The number of benzene rings is 6. The Kier molecular flexibility index (Phi) is 21.4. The van der Waals surface area contributed by atoms with Crippen LogP contribution in [-0.2, 0) is 84.3 Å². The fourth-order valence-electron chi connectivity index (χ4n) is 17.7. The molecule has 0 unspecified atom stereocenters. The summed E-state index contributed by atoms with van der Waals surface area (Å²) in [7, 11) is 8.17. The largest absolute Gasteiger partial charge is 0.510 e. The Hall–Kier alpha value is -8.07. The zero-order valence-corrected chi connectivity index (χ0v) is 81.9. The maximum atomic E-state index is 5.25. The molecule has 0 amide bonds. The molecule has 0 N–H and O–H groups in total. The quantitative estimate of drug-likeness (QED) is 0.106. The average molecular weight is 2470 g/mol. The molecule has 0 saturated carbocycles. The summed E-state index contributed by atoms with van der Waals surface area (Å²) in [5.74, 6) is 0. The van der Waals surface area contributed by atoms with E-state index in [9.17, 15) is 0 Å². The Morgan fingerprint density at radius 3 is 0.806 bits per heavy atom. The first kappa shape index (κ1) is 82.9. The zero-order valence-electron chi connectivity index (χ0n) is 66.3. The van der Waals surface area contributed by atoms with E-state index in [0.717, 1.165) is 132 Å². The number of rotatable bonds is 8. The summed E-state index contributed by atoms with van der Waals surface area (Å²) >= 11 is 14.5. The van der Waals surface area contributed by atoms with Crippen molar-refractivity contribution in [3.05, 3.63) is 270 Å². The van der Waals surface area contributed by atoms with Crippen LogP contribution in [0.5, 0.6) is 0 Å². The Bertz CT molecular complexity index is 6550. The van der Waals surface area contributed by atoms with E-state index >= 15 is 0 Å². The summed E-state index contributed by atoms with van der Waals surface area (Å²) in [6.45, 7) is 15.9. The van der Waals surface area contributed by atoms with E-state index in [1.54, 1.807) is 59.4 Å². The maximum absolute atomic E-state index is 5.25. The molecule has 0 spiro atoms. The van der Waals surface area contributed by atoms with Crippen molar-refractivity contribution in [1.29, 1.82) is 0 Å². The van der Waals surface area contributed by atoms with Gasteiger partial charge in [-0.15, -0.1) is 114 Å². The van der Waals surface area contributed by atoms with Gasteiger partial charge in [0.1, 0.15) is 0 Å². The minimum absolute atomic E-state index is 0. The first-order valence-corrected chi connectivity index (χ1v) is 45.2. The zero-order chi connectivity index (χ0) is 79.9. The topological polar surface area (TPSA) is 149 Å². The van der Waals surface area contributed by atoms with Gasteiger partial charge in [0.15, 0.2) is 26.9 Å². The van der Waals surface area contributed by atoms with Crippen molar-refractivity contribution in [2.75, 3.05) is 47.8 Å². The smallest absolute Gasteiger partial charge is 0.198 e. The Morgan fingerprint density at radius 1 is 0.306 bits per heavy atom. The summed E-state index contributed by atoms with van der Waals surface area (Å²) < 4.78 is 7.60. The van der Waals surface area contributed by atoms with Crippen LogP contribution < -0.4 is 85.2 Å². The van der Waals surface area contributed by atoms with Crippen LogP contribution in [0.2, 0.25) is 0 Å². The molecule has 26 rings (SSSR count). The molecule has 0 aliphatic carbocycles. The SMILES string of the molecule is CN1C=CN(c2[c-]c3c(cc2)Sc2c4c5c(c6c2B3c2[c-]c(-n3cccn3)cnc2S6)Sc2ncc(-n3cccn3)[c-]c2B5c2[c-]c(N3C=CN(C)[CH-]3)ccc2S4)[CH-]1.Cc1cc(C)n(-c2[c-]c3c(nc2)Sc2c4c5c(c6c2B3c2[c-]c(N3C=CN(C)[CH-]3)ccc2S6)Sc2ccc(N3C=CN(C)[CH-]3)[c-]c2B5c2[c-]c(-n3nc(C)cc3C)cnc2S4)n1.[Pt].[Pt].[Pt].[Pt]. The van der Waals surface area contributed by atoms with E-state index in [1.807, 2.05) is 157 Å². The first-order valence-electron chi connectivity index (χ1n) is 38.7. The molecule has 0 fully saturated rings. The molecule has 0 radical (unpaired) electrons. The molecule has 14 aromatic rings. The van der Waals surface area contributed by atoms with Crippen molar-refractivity contribution in [2.24, 2.45) is 0 Å². The van der Waals surface area contributed by atoms with E-state index in [2.05, 4.69) is 249 Å². The van der Waals surface area contributed by atoms with Crippen LogP contribution in [0, 0.1) is 103 Å². The van der Waals surface area contributed by atoms with Crippen LogP contribution in [-0.4, -0.2) is 134 Å². The van der Waals surface area contributed by atoms with Gasteiger partial charge in [0.05, 0.1) is 11.4 Å². The van der Waals surface area contributed by atoms with Crippen LogP contribution >= 0.6 is 94.1 Å². The molecule has 0 saturated heterocycles. The molecule has 6 aromatic carbocycles. The second-order valence-electron chi connectivity index (χ2n) is 30.8. The summed E-state index contributed by atoms with van der Waals surface area (Å²) in [4.78, 5) is 52.3. The standard InChI is InChI=1S/C46H32B2N10S4.C42H24B2N10S4.4Pt/c1-25-15-27(3)57(51-25)31-19-35-45(49-21-31)61-43-39-41(59-37-9-7-29(17-33(37)47(35)39)55-13-11-53(5)23-55)42-40-44(43)62-46-36(20-32(22-50-46)58-28(4)16-26(2)52-58)48(40)34-18-30(8-10-38(34)60-42)56-14-12-54(6)24-56;1-49-13-15-51(23-49)25-5-7-33-29(17-25)43-31-19-27(53-11-3-9-47-53)21-45-41(31)57-39-35(43)37(55-33)38-36-40(39)58-42-32(20-28(22-46-42)54-12-4-10-48-54)44(36)30-18-26(6-8-34(30)56-38)52-16-14-50(2)24-52;;;;/h7-16,21-24H,1-6H3;3-16,21-24H,1-2H3;;;;/q2*-6;;;;. The van der Waals surface area contributed by atoms with Crippen molar-refractivity contribution in [3.8, 4) is 22.7 Å². The third-order valence-electron chi connectivity index (χ3n) is 22.9. The summed E-state index contributed by atoms with van der Waals surface area (Å²) in [5, 5.41) is 22.6. The van der Waals surface area contributed by atoms with Gasteiger partial charge < -0.3 is 59.1 Å². The van der Waals surface area contributed by atoms with E-state index in [-0.39, 0.29) is 111 Å². The number of anilines is 4. The van der Waals surface area contributed by atoms with E-state index in [1.165, 1.54) is 80.6 Å². The van der Waals surface area contributed by atoms with Crippen LogP contribution in [0.4, 0.5) is 22.7 Å². The van der Waals surface area contributed by atoms with Crippen LogP contribution in [0.15, 0.2) is 251 Å². The summed E-state index contributed by atoms with van der Waals surface area (Å²) in [5.41, 5.74) is 25.1. The second kappa shape index (κ2) is 32.0. The molecule has 8 aromatic heterocycles. The van der Waals surface area contributed by atoms with Gasteiger partial charge in [-0.1, -0.05) is 24.8 Å². The van der Waals surface area contributed by atoms with Gasteiger partial charge in [-0.2, -0.15) is 211 Å². The van der Waals surface area contributed by atoms with Crippen LogP contribution in [0.25, 0.3) is 22.7 Å². The molecule has 620 valence electrons. The van der Waals surface area contributed by atoms with Crippen molar-refractivity contribution < 1.29 is 84.3 Å². The van der Waals surface area contributed by atoms with Crippen molar-refractivity contribution in [2.45, 2.75) is 107 Å². The Morgan fingerprint density at radius 2 is 0.565 bits per heavy atom. The Labute approximate surface area is 810 Å². The van der Waals surface area contributed by atoms with E-state index in [4.69, 9.17) is 30.1 Å². The van der Waals surface area contributed by atoms with Crippen LogP contribution in [0.3, 0.4) is 0 Å². The average Bonchev–Trinajstić information content (AvgIpc) is 0.854. The molecule has 12 aliphatic heterocycles. The molecular weight excluding hydrogens is 2420 g/mol. The number of pyridine rings is 4. The van der Waals surface area contributed by atoms with Crippen molar-refractivity contribution in [1.82, 2.24) is 78.7 Å². The third-order valence-corrected chi connectivity index (χ3v) is 32.8. The molecule has 12 aliphatic rings. The number of aromatic nitrogens is 12. The minimum atomic E-state index is -0.165. The van der Waals surface area contributed by atoms with Gasteiger partial charge in [-0.25, -0.2) is 0 Å². The number of aryl methyl sites for hydroxylation is 4. The van der Waals surface area contributed by atoms with E-state index < -0.39 is 0 Å². The van der Waals surface area contributed by atoms with Gasteiger partial charge in [-0.05, 0) is 194 Å². The van der Waals surface area contributed by atoms with Gasteiger partial charge >= 0.3 is 0 Å². The Balaban J connectivity index is 0.000000148. The molecule has 36 heteroatoms. The van der Waals surface area contributed by atoms with Crippen molar-refractivity contribution >= 4 is 209 Å². The number of hydrogen-bond donors (Lipinski definition) is 0. The summed E-state index contributed by atoms with van der Waals surface area (Å²) in [6, 6.07) is 57.0. The van der Waals surface area contributed by atoms with Crippen LogP contribution in [0.1, 0.15) is 22.8 Å². The predicted molar refractivity (Wildman–Crippen MR) is 480 cm³/mol. The molecule has 20 heterocycles. The van der Waals surface area contributed by atoms with E-state index in [0.29, 0.717) is 0 Å². The molecule has 0 bridgehead atoms. The normalized spacial score (nSPS) is 15.7. The van der Waals surface area contributed by atoms with Crippen molar-refractivity contribution in [3.63, 3.8) is 0 Å². The molecular formula is C88H56B4N20Pt4S8-12.